The Bertz CT molecular complexity index is 187. The Labute approximate surface area is 74.7 Å². The van der Waals surface area contributed by atoms with Gasteiger partial charge >= 0.3 is 0 Å². The van der Waals surface area contributed by atoms with E-state index < -0.39 is 0 Å². The third-order valence-corrected chi connectivity index (χ3v) is 1.74. The molecule has 1 heterocycles. The molecule has 3 heteroatoms. The zero-order valence-electron chi connectivity index (χ0n) is 6.47. The van der Waals surface area contributed by atoms with Crippen LogP contribution in [-0.2, 0) is 17.8 Å². The van der Waals surface area contributed by atoms with E-state index in [2.05, 4.69) is 15.9 Å². The van der Waals surface area contributed by atoms with Crippen LogP contribution in [0.15, 0.2) is 16.5 Å². The van der Waals surface area contributed by atoms with Gasteiger partial charge in [0.25, 0.3) is 0 Å². The highest BCUT2D eigenvalue weighted by molar-refractivity contribution is 9.09. The number of aryl methyl sites for hydroxylation is 1. The molecule has 0 atom stereocenters. The van der Waals surface area contributed by atoms with Crippen LogP contribution in [0.5, 0.6) is 0 Å². The molecule has 11 heavy (non-hydrogen) atoms. The average molecular weight is 219 g/mol. The van der Waals surface area contributed by atoms with Crippen molar-refractivity contribution in [1.82, 2.24) is 0 Å². The van der Waals surface area contributed by atoms with Crippen molar-refractivity contribution in [3.8, 4) is 0 Å². The van der Waals surface area contributed by atoms with Gasteiger partial charge in [-0.25, -0.2) is 0 Å². The van der Waals surface area contributed by atoms with E-state index in [0.717, 1.165) is 23.3 Å². The van der Waals surface area contributed by atoms with Crippen LogP contribution in [0.1, 0.15) is 11.5 Å². The second-order valence-corrected chi connectivity index (χ2v) is 3.03. The average Bonchev–Trinajstić information content (AvgIpc) is 2.38. The first kappa shape index (κ1) is 8.81. The molecule has 0 spiro atoms. The number of hydrogen-bond acceptors (Lipinski definition) is 2. The molecule has 0 saturated carbocycles. The fourth-order valence-corrected chi connectivity index (χ4v) is 1.26. The second kappa shape index (κ2) is 4.57. The molecular weight excluding hydrogens is 208 g/mol. The van der Waals surface area contributed by atoms with E-state index in [-0.39, 0.29) is 0 Å². The summed E-state index contributed by atoms with van der Waals surface area (Å²) in [5, 5.41) is 0.937. The van der Waals surface area contributed by atoms with Crippen molar-refractivity contribution in [2.75, 3.05) is 12.4 Å². The molecule has 0 N–H and O–H groups in total. The summed E-state index contributed by atoms with van der Waals surface area (Å²) in [4.78, 5) is 0. The predicted octanol–water partition coefficient (Wildman–Crippen LogP) is 2.36. The van der Waals surface area contributed by atoms with Gasteiger partial charge in [0, 0.05) is 18.9 Å². The summed E-state index contributed by atoms with van der Waals surface area (Å²) < 4.78 is 10.3. The first-order valence-corrected chi connectivity index (χ1v) is 4.61. The monoisotopic (exact) mass is 218 g/mol. The van der Waals surface area contributed by atoms with Crippen LogP contribution in [0.3, 0.4) is 0 Å². The highest BCUT2D eigenvalue weighted by Crippen LogP contribution is 2.09. The number of rotatable bonds is 4. The fourth-order valence-electron chi connectivity index (χ4n) is 0.870. The number of hydrogen-bond donors (Lipinski definition) is 0. The lowest BCUT2D eigenvalue weighted by atomic mass is 10.4. The Balaban J connectivity index is 2.51. The summed E-state index contributed by atoms with van der Waals surface area (Å²) in [7, 11) is 1.66. The molecule has 2 nitrogen and oxygen atoms in total. The van der Waals surface area contributed by atoms with Gasteiger partial charge in [-0.1, -0.05) is 15.9 Å². The van der Waals surface area contributed by atoms with Crippen molar-refractivity contribution < 1.29 is 9.15 Å². The van der Waals surface area contributed by atoms with Crippen LogP contribution in [0.4, 0.5) is 0 Å². The quantitative estimate of drug-likeness (QED) is 0.725. The van der Waals surface area contributed by atoms with E-state index >= 15 is 0 Å². The van der Waals surface area contributed by atoms with Crippen molar-refractivity contribution in [2.24, 2.45) is 0 Å². The number of alkyl halides is 1. The van der Waals surface area contributed by atoms with Gasteiger partial charge in [0.05, 0.1) is 0 Å². The minimum absolute atomic E-state index is 0.558. The van der Waals surface area contributed by atoms with E-state index in [1.165, 1.54) is 0 Å². The molecular formula is C8H11BrO2. The Morgan fingerprint density at radius 2 is 2.18 bits per heavy atom. The number of halogens is 1. The van der Waals surface area contributed by atoms with Gasteiger partial charge in [-0.15, -0.1) is 0 Å². The Morgan fingerprint density at radius 3 is 2.82 bits per heavy atom. The van der Waals surface area contributed by atoms with E-state index in [1.54, 1.807) is 7.11 Å². The highest BCUT2D eigenvalue weighted by atomic mass is 79.9. The summed E-state index contributed by atoms with van der Waals surface area (Å²) in [6.07, 6.45) is 0.934. The number of methoxy groups -OCH3 is 1. The zero-order valence-corrected chi connectivity index (χ0v) is 8.06. The molecule has 1 rings (SSSR count). The second-order valence-electron chi connectivity index (χ2n) is 2.24. The molecule has 0 aliphatic carbocycles. The highest BCUT2D eigenvalue weighted by Gasteiger charge is 1.99. The molecule has 0 radical (unpaired) electrons. The third kappa shape index (κ3) is 2.67. The Kier molecular flexibility index (Phi) is 3.66. The van der Waals surface area contributed by atoms with Crippen LogP contribution in [0, 0.1) is 0 Å². The van der Waals surface area contributed by atoms with Crippen molar-refractivity contribution >= 4 is 15.9 Å². The van der Waals surface area contributed by atoms with Crippen molar-refractivity contribution in [1.29, 1.82) is 0 Å². The van der Waals surface area contributed by atoms with Crippen molar-refractivity contribution in [3.63, 3.8) is 0 Å². The number of furan rings is 1. The maximum Gasteiger partial charge on any atom is 0.129 e. The van der Waals surface area contributed by atoms with Crippen LogP contribution >= 0.6 is 15.9 Å². The molecule has 62 valence electrons. The SMILES string of the molecule is COCc1ccc(CCBr)o1. The smallest absolute Gasteiger partial charge is 0.129 e. The minimum atomic E-state index is 0.558. The topological polar surface area (TPSA) is 22.4 Å². The van der Waals surface area contributed by atoms with Gasteiger partial charge in [0.2, 0.25) is 0 Å². The maximum atomic E-state index is 5.41. The molecule has 0 amide bonds. The van der Waals surface area contributed by atoms with Gasteiger partial charge in [-0.2, -0.15) is 0 Å². The molecule has 0 saturated heterocycles. The Morgan fingerprint density at radius 1 is 1.45 bits per heavy atom. The summed E-state index contributed by atoms with van der Waals surface area (Å²) in [6.45, 7) is 0.558. The lowest BCUT2D eigenvalue weighted by Gasteiger charge is -1.92. The van der Waals surface area contributed by atoms with Crippen molar-refractivity contribution in [3.05, 3.63) is 23.7 Å². The third-order valence-electron chi connectivity index (χ3n) is 1.34. The maximum absolute atomic E-state index is 5.41. The van der Waals surface area contributed by atoms with E-state index in [4.69, 9.17) is 9.15 Å². The van der Waals surface area contributed by atoms with Gasteiger partial charge in [-0.3, -0.25) is 0 Å². The lowest BCUT2D eigenvalue weighted by Crippen LogP contribution is -1.83. The standard InChI is InChI=1S/C8H11BrO2/c1-10-6-8-3-2-7(11-8)4-5-9/h2-3H,4-6H2,1H3. The zero-order chi connectivity index (χ0) is 8.10. The van der Waals surface area contributed by atoms with Crippen LogP contribution in [-0.4, -0.2) is 12.4 Å². The molecule has 0 fully saturated rings. The van der Waals surface area contributed by atoms with Gasteiger partial charge < -0.3 is 9.15 Å². The fraction of sp³-hybridized carbons (Fsp3) is 0.500. The first-order valence-electron chi connectivity index (χ1n) is 3.49. The van der Waals surface area contributed by atoms with Crippen molar-refractivity contribution in [2.45, 2.75) is 13.0 Å². The molecule has 1 aromatic heterocycles. The largest absolute Gasteiger partial charge is 0.464 e. The van der Waals surface area contributed by atoms with Gasteiger partial charge in [0.15, 0.2) is 0 Å². The molecule has 0 bridgehead atoms. The molecule has 1 aromatic rings. The summed E-state index contributed by atoms with van der Waals surface area (Å²) >= 11 is 3.34. The number of ether oxygens (including phenoxy) is 1. The summed E-state index contributed by atoms with van der Waals surface area (Å²) in [5.74, 6) is 1.90. The predicted molar refractivity (Wildman–Crippen MR) is 46.9 cm³/mol. The van der Waals surface area contributed by atoms with Crippen LogP contribution < -0.4 is 0 Å². The van der Waals surface area contributed by atoms with Crippen LogP contribution in [0.25, 0.3) is 0 Å². The van der Waals surface area contributed by atoms with Crippen LogP contribution in [0.2, 0.25) is 0 Å². The van der Waals surface area contributed by atoms with Gasteiger partial charge in [-0.05, 0) is 12.1 Å². The minimum Gasteiger partial charge on any atom is -0.464 e. The molecule has 0 aliphatic rings. The molecule has 0 aliphatic heterocycles. The van der Waals surface area contributed by atoms with Gasteiger partial charge in [0.1, 0.15) is 18.1 Å². The Hall–Kier alpha value is -0.280. The lowest BCUT2D eigenvalue weighted by molar-refractivity contribution is 0.163. The van der Waals surface area contributed by atoms with E-state index in [0.29, 0.717) is 6.61 Å². The molecule has 0 aromatic carbocycles. The first-order chi connectivity index (χ1) is 5.36. The van der Waals surface area contributed by atoms with E-state index in [9.17, 15) is 0 Å². The molecule has 0 unspecified atom stereocenters. The summed E-state index contributed by atoms with van der Waals surface area (Å²) in [5.41, 5.74) is 0. The normalized spacial score (nSPS) is 10.4. The summed E-state index contributed by atoms with van der Waals surface area (Å²) in [6, 6.07) is 3.93. The van der Waals surface area contributed by atoms with E-state index in [1.807, 2.05) is 12.1 Å².